The second-order valence-electron chi connectivity index (χ2n) is 6.17. The van der Waals surface area contributed by atoms with Gasteiger partial charge in [-0.25, -0.2) is 13.1 Å². The fourth-order valence-corrected chi connectivity index (χ4v) is 3.47. The fourth-order valence-electron chi connectivity index (χ4n) is 2.89. The van der Waals surface area contributed by atoms with Gasteiger partial charge in [-0.1, -0.05) is 17.7 Å². The quantitative estimate of drug-likeness (QED) is 0.590. The maximum Gasteiger partial charge on any atom is 0.243 e. The predicted octanol–water partition coefficient (Wildman–Crippen LogP) is -0.0449. The Labute approximate surface area is 158 Å². The summed E-state index contributed by atoms with van der Waals surface area (Å²) in [5, 5.41) is 3.37. The Morgan fingerprint density at radius 2 is 2.08 bits per heavy atom. The molecule has 2 rings (SSSR count). The van der Waals surface area contributed by atoms with Crippen molar-refractivity contribution in [3.63, 3.8) is 0 Å². The van der Waals surface area contributed by atoms with Gasteiger partial charge in [0.25, 0.3) is 0 Å². The fraction of sp³-hybridized carbons (Fsp3) is 0.500. The zero-order valence-corrected chi connectivity index (χ0v) is 16.1. The maximum atomic E-state index is 12.5. The van der Waals surface area contributed by atoms with E-state index in [0.29, 0.717) is 31.0 Å². The molecule has 1 unspecified atom stereocenters. The van der Waals surface area contributed by atoms with Crippen LogP contribution < -0.4 is 15.8 Å². The van der Waals surface area contributed by atoms with Gasteiger partial charge in [-0.3, -0.25) is 9.59 Å². The largest absolute Gasteiger partial charge is 0.350 e. The average Bonchev–Trinajstić information content (AvgIpc) is 3.07. The first-order chi connectivity index (χ1) is 12.2. The minimum atomic E-state index is -3.47. The first-order valence-electron chi connectivity index (χ1n) is 8.20. The third-order valence-corrected chi connectivity index (χ3v) is 5.11. The lowest BCUT2D eigenvalue weighted by atomic mass is 10.1. The van der Waals surface area contributed by atoms with Gasteiger partial charge in [0.15, 0.2) is 0 Å². The number of nitrogens with one attached hydrogen (secondary N) is 2. The van der Waals surface area contributed by atoms with Crippen LogP contribution in [0, 0.1) is 0 Å². The molecule has 10 heteroatoms. The Morgan fingerprint density at radius 1 is 1.35 bits per heavy atom. The number of carbonyl (C=O) groups excluding carboxylic acids is 2. The minimum Gasteiger partial charge on any atom is -0.350 e. The number of amides is 2. The Kier molecular flexibility index (Phi) is 6.99. The number of carbonyl (C=O) groups is 2. The van der Waals surface area contributed by atoms with E-state index < -0.39 is 22.0 Å². The summed E-state index contributed by atoms with van der Waals surface area (Å²) in [7, 11) is -3.47. The molecule has 26 heavy (non-hydrogen) atoms. The molecule has 1 fully saturated rings. The van der Waals surface area contributed by atoms with Crippen molar-refractivity contribution in [2.24, 2.45) is 5.73 Å². The van der Waals surface area contributed by atoms with Gasteiger partial charge >= 0.3 is 0 Å². The van der Waals surface area contributed by atoms with Crippen LogP contribution in [0.5, 0.6) is 0 Å². The van der Waals surface area contributed by atoms with E-state index in [0.717, 1.165) is 17.4 Å². The summed E-state index contributed by atoms with van der Waals surface area (Å²) >= 11 is 5.99. The van der Waals surface area contributed by atoms with E-state index in [2.05, 4.69) is 10.0 Å². The number of hydrogen-bond acceptors (Lipinski definition) is 5. The van der Waals surface area contributed by atoms with E-state index in [9.17, 15) is 18.0 Å². The van der Waals surface area contributed by atoms with Crippen LogP contribution in [0.15, 0.2) is 18.2 Å². The summed E-state index contributed by atoms with van der Waals surface area (Å²) < 4.78 is 24.4. The van der Waals surface area contributed by atoms with Gasteiger partial charge in [-0.15, -0.1) is 0 Å². The molecule has 1 atom stereocenters. The highest BCUT2D eigenvalue weighted by atomic mass is 35.5. The first kappa shape index (κ1) is 20.6. The Morgan fingerprint density at radius 3 is 2.73 bits per heavy atom. The average molecular weight is 403 g/mol. The molecular weight excluding hydrogens is 380 g/mol. The van der Waals surface area contributed by atoms with E-state index in [1.165, 1.54) is 4.90 Å². The van der Waals surface area contributed by atoms with Crippen molar-refractivity contribution in [2.45, 2.75) is 32.0 Å². The Bertz CT molecular complexity index is 784. The van der Waals surface area contributed by atoms with Crippen molar-refractivity contribution in [1.82, 2.24) is 14.9 Å². The number of nitrogens with two attached hydrogens (primary N) is 1. The molecule has 0 aromatic heterocycles. The number of likely N-dealkylation sites (tertiary alicyclic amines) is 1. The van der Waals surface area contributed by atoms with Crippen molar-refractivity contribution in [3.05, 3.63) is 34.3 Å². The Hall–Kier alpha value is -1.68. The Balaban J connectivity index is 1.98. The molecule has 4 N–H and O–H groups in total. The molecule has 1 aromatic rings. The molecule has 144 valence electrons. The SMILES string of the molecule is CS(=O)(=O)NCC(=O)N1CCCC1C(=O)NCc1cc(Cl)ccc1CN. The summed E-state index contributed by atoms with van der Waals surface area (Å²) in [6, 6.07) is 4.69. The van der Waals surface area contributed by atoms with Gasteiger partial charge in [-0.05, 0) is 36.1 Å². The lowest BCUT2D eigenvalue weighted by molar-refractivity contribution is -0.137. The molecule has 8 nitrogen and oxygen atoms in total. The van der Waals surface area contributed by atoms with Crippen molar-refractivity contribution in [2.75, 3.05) is 19.3 Å². The van der Waals surface area contributed by atoms with Crippen LogP contribution in [0.25, 0.3) is 0 Å². The molecule has 1 aromatic carbocycles. The van der Waals surface area contributed by atoms with Crippen LogP contribution >= 0.6 is 11.6 Å². The number of nitrogens with zero attached hydrogens (tertiary/aromatic N) is 1. The van der Waals surface area contributed by atoms with Gasteiger partial charge in [0.2, 0.25) is 21.8 Å². The number of sulfonamides is 1. The third-order valence-electron chi connectivity index (χ3n) is 4.20. The molecule has 0 bridgehead atoms. The lowest BCUT2D eigenvalue weighted by Gasteiger charge is -2.24. The van der Waals surface area contributed by atoms with E-state index in [4.69, 9.17) is 17.3 Å². The lowest BCUT2D eigenvalue weighted by Crippen LogP contribution is -2.48. The standard InChI is InChI=1S/C16H23ClN4O4S/c1-26(24,25)20-10-15(22)21-6-2-3-14(21)16(23)19-9-12-7-13(17)5-4-11(12)8-18/h4-5,7,14,20H,2-3,6,8-10,18H2,1H3,(H,19,23). The third kappa shape index (κ3) is 5.66. The highest BCUT2D eigenvalue weighted by Crippen LogP contribution is 2.19. The minimum absolute atomic E-state index is 0.256. The monoisotopic (exact) mass is 402 g/mol. The van der Waals surface area contributed by atoms with Gasteiger partial charge in [0.1, 0.15) is 6.04 Å². The smallest absolute Gasteiger partial charge is 0.243 e. The molecule has 1 aliphatic rings. The van der Waals surface area contributed by atoms with Crippen LogP contribution in [-0.4, -0.2) is 50.5 Å². The topological polar surface area (TPSA) is 122 Å². The van der Waals surface area contributed by atoms with E-state index in [-0.39, 0.29) is 19.0 Å². The van der Waals surface area contributed by atoms with Crippen LogP contribution in [0.4, 0.5) is 0 Å². The summed E-state index contributed by atoms with van der Waals surface area (Å²) in [4.78, 5) is 26.1. The molecule has 1 saturated heterocycles. The van der Waals surface area contributed by atoms with Crippen LogP contribution in [0.3, 0.4) is 0 Å². The molecule has 0 aliphatic carbocycles. The molecule has 0 radical (unpaired) electrons. The second kappa shape index (κ2) is 8.81. The maximum absolute atomic E-state index is 12.5. The van der Waals surface area contributed by atoms with Crippen molar-refractivity contribution in [1.29, 1.82) is 0 Å². The zero-order chi connectivity index (χ0) is 19.3. The van der Waals surface area contributed by atoms with Gasteiger partial charge < -0.3 is 16.0 Å². The summed E-state index contributed by atoms with van der Waals surface area (Å²) in [6.45, 7) is 0.654. The normalized spacial score (nSPS) is 17.3. The molecule has 1 heterocycles. The highest BCUT2D eigenvalue weighted by molar-refractivity contribution is 7.88. The summed E-state index contributed by atoms with van der Waals surface area (Å²) in [5.74, 6) is -0.698. The second-order valence-corrected chi connectivity index (χ2v) is 8.44. The molecular formula is C16H23ClN4O4S. The van der Waals surface area contributed by atoms with Crippen LogP contribution in [0.1, 0.15) is 24.0 Å². The summed E-state index contributed by atoms with van der Waals surface area (Å²) in [5.41, 5.74) is 7.40. The number of halogens is 1. The van der Waals surface area contributed by atoms with Crippen molar-refractivity contribution in [3.8, 4) is 0 Å². The number of hydrogen-bond donors (Lipinski definition) is 3. The zero-order valence-electron chi connectivity index (χ0n) is 14.5. The molecule has 0 saturated carbocycles. The highest BCUT2D eigenvalue weighted by Gasteiger charge is 2.33. The first-order valence-corrected chi connectivity index (χ1v) is 10.5. The molecule has 0 spiro atoms. The summed E-state index contributed by atoms with van der Waals surface area (Å²) in [6.07, 6.45) is 2.21. The van der Waals surface area contributed by atoms with Gasteiger partial charge in [0, 0.05) is 24.7 Å². The van der Waals surface area contributed by atoms with Crippen molar-refractivity contribution < 1.29 is 18.0 Å². The van der Waals surface area contributed by atoms with E-state index in [1.54, 1.807) is 12.1 Å². The van der Waals surface area contributed by atoms with Gasteiger partial charge in [-0.2, -0.15) is 0 Å². The number of rotatable bonds is 7. The molecule has 2 amide bonds. The number of benzene rings is 1. The van der Waals surface area contributed by atoms with Crippen molar-refractivity contribution >= 4 is 33.4 Å². The van der Waals surface area contributed by atoms with Crippen LogP contribution in [0.2, 0.25) is 5.02 Å². The van der Waals surface area contributed by atoms with E-state index >= 15 is 0 Å². The predicted molar refractivity (Wildman–Crippen MR) is 98.8 cm³/mol. The van der Waals surface area contributed by atoms with Gasteiger partial charge in [0.05, 0.1) is 12.8 Å². The van der Waals surface area contributed by atoms with E-state index in [1.807, 2.05) is 6.07 Å². The van der Waals surface area contributed by atoms with Crippen LogP contribution in [-0.2, 0) is 32.7 Å². The molecule has 1 aliphatic heterocycles.